The first kappa shape index (κ1) is 32.6. The van der Waals surface area contributed by atoms with Crippen molar-refractivity contribution in [2.75, 3.05) is 19.4 Å². The van der Waals surface area contributed by atoms with Crippen LogP contribution in [-0.2, 0) is 14.3 Å². The Morgan fingerprint density at radius 2 is 1.86 bits per heavy atom. The van der Waals surface area contributed by atoms with Gasteiger partial charge in [-0.25, -0.2) is 0 Å². The topological polar surface area (TPSA) is 102 Å². The van der Waals surface area contributed by atoms with Gasteiger partial charge in [-0.15, -0.1) is 18.3 Å². The van der Waals surface area contributed by atoms with Crippen molar-refractivity contribution in [3.05, 3.63) is 42.5 Å². The van der Waals surface area contributed by atoms with Crippen LogP contribution in [0.1, 0.15) is 84.0 Å². The third-order valence-corrected chi connectivity index (χ3v) is 12.5. The summed E-state index contributed by atoms with van der Waals surface area (Å²) in [6, 6.07) is 6.92. The van der Waals surface area contributed by atoms with Gasteiger partial charge in [-0.3, -0.25) is 14.4 Å². The number of methoxy groups -OCH3 is 1. The van der Waals surface area contributed by atoms with Gasteiger partial charge in [0.05, 0.1) is 19.0 Å². The van der Waals surface area contributed by atoms with Crippen molar-refractivity contribution < 1.29 is 29.0 Å². The number of carbonyl (C=O) groups excluding carboxylic acids is 3. The highest BCUT2D eigenvalue weighted by Crippen LogP contribution is 2.68. The van der Waals surface area contributed by atoms with Crippen molar-refractivity contribution in [3.63, 3.8) is 0 Å². The van der Waals surface area contributed by atoms with Gasteiger partial charge in [0.15, 0.2) is 0 Å². The molecule has 4 rings (SSSR count). The first-order valence-corrected chi connectivity index (χ1v) is 16.2. The van der Waals surface area contributed by atoms with E-state index in [9.17, 15) is 19.5 Å². The maximum Gasteiger partial charge on any atom is 0.316 e. The Morgan fingerprint density at radius 3 is 2.48 bits per heavy atom. The highest BCUT2D eigenvalue weighted by Gasteiger charge is 2.68. The normalized spacial score (nSPS) is 36.3. The van der Waals surface area contributed by atoms with Gasteiger partial charge in [0, 0.05) is 40.0 Å². The highest BCUT2D eigenvalue weighted by molar-refractivity contribution is 8.01. The average molecular weight is 600 g/mol. The van der Waals surface area contributed by atoms with Gasteiger partial charge in [0.25, 0.3) is 5.91 Å². The van der Waals surface area contributed by atoms with Crippen molar-refractivity contribution >= 4 is 29.4 Å². The predicted molar refractivity (Wildman–Crippen MR) is 167 cm³/mol. The summed E-state index contributed by atoms with van der Waals surface area (Å²) in [6.07, 6.45) is 4.14. The fourth-order valence-corrected chi connectivity index (χ4v) is 8.89. The molecule has 0 saturated heterocycles. The monoisotopic (exact) mass is 599 g/mol. The van der Waals surface area contributed by atoms with Crippen LogP contribution in [0, 0.1) is 34.0 Å². The summed E-state index contributed by atoms with van der Waals surface area (Å²) in [4.78, 5) is 39.7. The Bertz CT molecular complexity index is 1200. The number of ether oxygens (including phenoxy) is 2. The minimum atomic E-state index is -0.690. The fourth-order valence-electron chi connectivity index (χ4n) is 8.14. The van der Waals surface area contributed by atoms with Crippen LogP contribution in [0.2, 0.25) is 0 Å². The second-order valence-corrected chi connectivity index (χ2v) is 15.7. The lowest BCUT2D eigenvalue weighted by Crippen LogP contribution is -2.63. The highest BCUT2D eigenvalue weighted by atomic mass is 32.2. The molecule has 232 valence electrons. The van der Waals surface area contributed by atoms with Crippen LogP contribution in [-0.4, -0.2) is 59.1 Å². The zero-order valence-corrected chi connectivity index (χ0v) is 27.1. The van der Waals surface area contributed by atoms with Gasteiger partial charge in [-0.2, -0.15) is 0 Å². The lowest BCUT2D eigenvalue weighted by Gasteiger charge is -2.61. The number of amides is 1. The molecule has 2 N–H and O–H groups in total. The Kier molecular flexibility index (Phi) is 9.30. The molecule has 3 saturated carbocycles. The molecule has 7 nitrogen and oxygen atoms in total. The summed E-state index contributed by atoms with van der Waals surface area (Å²) in [5, 5.41) is 14.7. The van der Waals surface area contributed by atoms with Crippen LogP contribution >= 0.6 is 11.8 Å². The molecule has 0 aromatic heterocycles. The summed E-state index contributed by atoms with van der Waals surface area (Å²) in [6.45, 7) is 16.9. The summed E-state index contributed by atoms with van der Waals surface area (Å²) in [7, 11) is 1.58. The Labute approximate surface area is 255 Å². The number of thioether (sulfide) groups is 1. The zero-order valence-electron chi connectivity index (χ0n) is 26.3. The van der Waals surface area contributed by atoms with Crippen LogP contribution in [0.4, 0.5) is 0 Å². The molecule has 8 heteroatoms. The second kappa shape index (κ2) is 12.0. The van der Waals surface area contributed by atoms with Gasteiger partial charge < -0.3 is 19.9 Å². The molecular weight excluding hydrogens is 550 g/mol. The minimum Gasteiger partial charge on any atom is -0.497 e. The van der Waals surface area contributed by atoms with Gasteiger partial charge >= 0.3 is 5.97 Å². The SMILES string of the molecule is C=C[C@]1(C)C[C@@H](OC(=O)CSC(C)(C)CNC(=O)c2ccc(OC)cc2)[C@]2(C)[C@H](C)CC[C@]3(CCC(=O)[C@H]32)[C@@H](C)[C@@H]1O. The third-order valence-electron chi connectivity index (χ3n) is 11.2. The van der Waals surface area contributed by atoms with Crippen molar-refractivity contribution in [1.29, 1.82) is 0 Å². The van der Waals surface area contributed by atoms with E-state index in [-0.39, 0.29) is 46.6 Å². The molecule has 0 heterocycles. The lowest BCUT2D eigenvalue weighted by molar-refractivity contribution is -0.205. The van der Waals surface area contributed by atoms with Gasteiger partial charge in [0.2, 0.25) is 0 Å². The Morgan fingerprint density at radius 1 is 1.19 bits per heavy atom. The molecule has 1 amide bonds. The van der Waals surface area contributed by atoms with E-state index in [4.69, 9.17) is 9.47 Å². The quantitative estimate of drug-likeness (QED) is 0.272. The molecule has 0 aliphatic heterocycles. The number of aliphatic hydroxyl groups excluding tert-OH is 1. The number of esters is 1. The van der Waals surface area contributed by atoms with E-state index in [1.54, 1.807) is 31.4 Å². The number of hydrogen-bond acceptors (Lipinski definition) is 7. The molecule has 0 spiro atoms. The zero-order chi connectivity index (χ0) is 31.1. The first-order valence-electron chi connectivity index (χ1n) is 15.2. The lowest BCUT2D eigenvalue weighted by atomic mass is 9.44. The van der Waals surface area contributed by atoms with E-state index in [2.05, 4.69) is 32.7 Å². The molecule has 0 radical (unpaired) electrons. The number of benzene rings is 1. The maximum absolute atomic E-state index is 13.6. The van der Waals surface area contributed by atoms with Gasteiger partial charge in [-0.1, -0.05) is 33.8 Å². The smallest absolute Gasteiger partial charge is 0.316 e. The summed E-state index contributed by atoms with van der Waals surface area (Å²) in [5.74, 6) is 0.376. The molecule has 1 aromatic carbocycles. The number of carbonyl (C=O) groups is 3. The molecule has 3 aliphatic rings. The van der Waals surface area contributed by atoms with Crippen molar-refractivity contribution in [3.8, 4) is 5.75 Å². The van der Waals surface area contributed by atoms with Crippen LogP contribution in [0.5, 0.6) is 5.75 Å². The molecule has 1 aromatic rings. The summed E-state index contributed by atoms with van der Waals surface area (Å²) >= 11 is 1.43. The van der Waals surface area contributed by atoms with Crippen LogP contribution in [0.3, 0.4) is 0 Å². The molecule has 42 heavy (non-hydrogen) atoms. The molecule has 3 aliphatic carbocycles. The van der Waals surface area contributed by atoms with Crippen LogP contribution < -0.4 is 10.1 Å². The molecular formula is C34H49NO6S. The first-order chi connectivity index (χ1) is 19.6. The third kappa shape index (κ3) is 5.78. The number of nitrogens with one attached hydrogen (secondary N) is 1. The van der Waals surface area contributed by atoms with Gasteiger partial charge in [-0.05, 0) is 81.0 Å². The average Bonchev–Trinajstić information content (AvgIpc) is 3.33. The summed E-state index contributed by atoms with van der Waals surface area (Å²) < 4.78 is 11.1. The van der Waals surface area contributed by atoms with E-state index in [1.165, 1.54) is 11.8 Å². The fraction of sp³-hybridized carbons (Fsp3) is 0.676. The number of hydrogen-bond donors (Lipinski definition) is 2. The number of ketones is 1. The summed E-state index contributed by atoms with van der Waals surface area (Å²) in [5.41, 5.74) is -0.960. The van der Waals surface area contributed by atoms with Crippen molar-refractivity contribution in [2.45, 2.75) is 90.6 Å². The Balaban J connectivity index is 1.48. The molecule has 0 unspecified atom stereocenters. The van der Waals surface area contributed by atoms with Crippen molar-refractivity contribution in [1.82, 2.24) is 5.32 Å². The van der Waals surface area contributed by atoms with E-state index in [0.29, 0.717) is 30.7 Å². The van der Waals surface area contributed by atoms with E-state index in [1.807, 2.05) is 26.8 Å². The second-order valence-electron chi connectivity index (χ2n) is 14.0. The molecule has 8 atom stereocenters. The largest absolute Gasteiger partial charge is 0.497 e. The van der Waals surface area contributed by atoms with E-state index < -0.39 is 27.8 Å². The molecule has 3 fully saturated rings. The minimum absolute atomic E-state index is 0.0649. The molecule has 2 bridgehead atoms. The standard InChI is InChI=1S/C34H49NO6S/c1-9-32(6)18-26(33(7)21(2)14-16-34(22(3)29(32)38)17-15-25(36)28(33)34)41-27(37)19-42-31(4,5)20-35-30(39)23-10-12-24(40-8)13-11-23/h9-13,21-22,26,28-29,38H,1,14-20H2,2-8H3,(H,35,39)/t21-,22+,26-,28+,29+,32-,33+,34+/m1/s1. The number of aliphatic hydroxyl groups is 1. The maximum atomic E-state index is 13.6. The number of rotatable bonds is 9. The van der Waals surface area contributed by atoms with Gasteiger partial charge in [0.1, 0.15) is 17.6 Å². The Hall–Kier alpha value is -2.32. The van der Waals surface area contributed by atoms with Crippen molar-refractivity contribution in [2.24, 2.45) is 34.0 Å². The van der Waals surface area contributed by atoms with Crippen LogP contribution in [0.15, 0.2) is 36.9 Å². The van der Waals surface area contributed by atoms with Crippen LogP contribution in [0.25, 0.3) is 0 Å². The number of Topliss-reactive ketones (excluding diaryl/α,β-unsaturated/α-hetero) is 1. The van der Waals surface area contributed by atoms with E-state index in [0.717, 1.165) is 19.3 Å². The van der Waals surface area contributed by atoms with E-state index >= 15 is 0 Å². The predicted octanol–water partition coefficient (Wildman–Crippen LogP) is 5.84.